The van der Waals surface area contributed by atoms with E-state index >= 15 is 0 Å². The van der Waals surface area contributed by atoms with E-state index in [1.165, 1.54) is 0 Å². The number of ether oxygens (including phenoxy) is 2. The third-order valence-electron chi connectivity index (χ3n) is 1.23. The summed E-state index contributed by atoms with van der Waals surface area (Å²) in [5, 5.41) is 7.72. The molecule has 0 N–H and O–H groups in total. The van der Waals surface area contributed by atoms with Crippen molar-refractivity contribution in [2.75, 3.05) is 19.8 Å². The summed E-state index contributed by atoms with van der Waals surface area (Å²) in [7, 11) is 0. The van der Waals surface area contributed by atoms with E-state index < -0.39 is 5.38 Å². The summed E-state index contributed by atoms with van der Waals surface area (Å²) in [5.74, 6) is 0. The van der Waals surface area contributed by atoms with Crippen molar-refractivity contribution in [2.45, 2.75) is 11.5 Å². The molecule has 0 aromatic heterocycles. The molecule has 0 amide bonds. The molecule has 10 heavy (non-hydrogen) atoms. The van der Waals surface area contributed by atoms with Crippen LogP contribution in [0.25, 0.3) is 0 Å². The second kappa shape index (κ2) is 3.77. The second-order valence-electron chi connectivity index (χ2n) is 2.09. The van der Waals surface area contributed by atoms with Crippen molar-refractivity contribution < 1.29 is 9.47 Å². The molecule has 1 heterocycles. The summed E-state index contributed by atoms with van der Waals surface area (Å²) in [6, 6.07) is 1.87. The van der Waals surface area contributed by atoms with E-state index in [0.717, 1.165) is 0 Å². The van der Waals surface area contributed by atoms with Crippen molar-refractivity contribution in [2.24, 2.45) is 0 Å². The molecule has 56 valence electrons. The number of rotatable bonds is 3. The Bertz CT molecular complexity index is 141. The molecule has 0 spiro atoms. The zero-order valence-corrected chi connectivity index (χ0v) is 6.17. The second-order valence-corrected chi connectivity index (χ2v) is 2.62. The molecule has 3 nitrogen and oxygen atoms in total. The zero-order chi connectivity index (χ0) is 7.40. The van der Waals surface area contributed by atoms with Crippen molar-refractivity contribution in [3.05, 3.63) is 0 Å². The van der Waals surface area contributed by atoms with E-state index in [-0.39, 0.29) is 6.10 Å². The monoisotopic (exact) mass is 161 g/mol. The van der Waals surface area contributed by atoms with Crippen LogP contribution in [0.3, 0.4) is 0 Å². The van der Waals surface area contributed by atoms with Crippen molar-refractivity contribution in [3.8, 4) is 6.07 Å². The first-order valence-corrected chi connectivity index (χ1v) is 3.49. The molecular weight excluding hydrogens is 154 g/mol. The molecule has 0 aromatic carbocycles. The lowest BCUT2D eigenvalue weighted by Gasteiger charge is -2.25. The van der Waals surface area contributed by atoms with Crippen LogP contribution in [-0.2, 0) is 9.47 Å². The largest absolute Gasteiger partial charge is 0.376 e. The lowest BCUT2D eigenvalue weighted by molar-refractivity contribution is -0.127. The smallest absolute Gasteiger partial charge is 0.143 e. The number of nitrogens with zero attached hydrogens (tertiary/aromatic N) is 1. The molecule has 1 aliphatic heterocycles. The Labute approximate surface area is 64.5 Å². The highest BCUT2D eigenvalue weighted by molar-refractivity contribution is 6.22. The van der Waals surface area contributed by atoms with Gasteiger partial charge in [0.15, 0.2) is 0 Å². The van der Waals surface area contributed by atoms with Gasteiger partial charge >= 0.3 is 0 Å². The normalized spacial score (nSPS) is 21.2. The lowest BCUT2D eigenvalue weighted by Crippen LogP contribution is -2.37. The van der Waals surface area contributed by atoms with Gasteiger partial charge in [-0.2, -0.15) is 5.26 Å². The van der Waals surface area contributed by atoms with Gasteiger partial charge in [-0.3, -0.25) is 0 Å². The zero-order valence-electron chi connectivity index (χ0n) is 5.42. The Morgan fingerprint density at radius 2 is 2.50 bits per heavy atom. The van der Waals surface area contributed by atoms with Gasteiger partial charge in [-0.1, -0.05) is 0 Å². The van der Waals surface area contributed by atoms with E-state index in [9.17, 15) is 0 Å². The maximum atomic E-state index is 8.25. The van der Waals surface area contributed by atoms with Gasteiger partial charge in [0.05, 0.1) is 25.9 Å². The lowest BCUT2D eigenvalue weighted by atomic mass is 10.3. The Morgan fingerprint density at radius 1 is 1.80 bits per heavy atom. The summed E-state index contributed by atoms with van der Waals surface area (Å²) >= 11 is 5.46. The molecule has 0 radical (unpaired) electrons. The number of hydrogen-bond acceptors (Lipinski definition) is 3. The fourth-order valence-electron chi connectivity index (χ4n) is 0.568. The van der Waals surface area contributed by atoms with Gasteiger partial charge in [0.2, 0.25) is 0 Å². The number of nitriles is 1. The van der Waals surface area contributed by atoms with Crippen LogP contribution < -0.4 is 0 Å². The van der Waals surface area contributed by atoms with Crippen LogP contribution in [0.4, 0.5) is 0 Å². The van der Waals surface area contributed by atoms with Crippen molar-refractivity contribution in [1.82, 2.24) is 0 Å². The summed E-state index contributed by atoms with van der Waals surface area (Å²) in [5.41, 5.74) is 0. The van der Waals surface area contributed by atoms with Crippen LogP contribution in [0, 0.1) is 11.3 Å². The highest BCUT2D eigenvalue weighted by atomic mass is 35.5. The molecule has 0 aromatic rings. The standard InChI is InChI=1S/C6H8ClNO2/c7-5(1-8)2-10-6-3-9-4-6/h5-6H,2-4H2. The van der Waals surface area contributed by atoms with Crippen LogP contribution in [0.15, 0.2) is 0 Å². The predicted octanol–water partition coefficient (Wildman–Crippen LogP) is 0.533. The Hall–Kier alpha value is -0.300. The minimum atomic E-state index is -0.527. The number of halogens is 1. The van der Waals surface area contributed by atoms with Crippen molar-refractivity contribution >= 4 is 11.6 Å². The highest BCUT2D eigenvalue weighted by Crippen LogP contribution is 2.06. The van der Waals surface area contributed by atoms with Crippen LogP contribution in [0.5, 0.6) is 0 Å². The molecule has 1 fully saturated rings. The first-order valence-electron chi connectivity index (χ1n) is 3.06. The molecule has 1 unspecified atom stereocenters. The summed E-state index contributed by atoms with van der Waals surface area (Å²) in [6.45, 7) is 1.57. The Morgan fingerprint density at radius 3 is 2.90 bits per heavy atom. The van der Waals surface area contributed by atoms with Gasteiger partial charge < -0.3 is 9.47 Å². The fraction of sp³-hybridized carbons (Fsp3) is 0.833. The summed E-state index contributed by atoms with van der Waals surface area (Å²) < 4.78 is 10.0. The third-order valence-corrected chi connectivity index (χ3v) is 1.45. The minimum absolute atomic E-state index is 0.162. The van der Waals surface area contributed by atoms with E-state index in [1.807, 2.05) is 6.07 Å². The van der Waals surface area contributed by atoms with E-state index in [2.05, 4.69) is 0 Å². The molecule has 1 atom stereocenters. The first kappa shape index (κ1) is 7.80. The number of alkyl halides is 1. The van der Waals surface area contributed by atoms with E-state index in [4.69, 9.17) is 26.3 Å². The highest BCUT2D eigenvalue weighted by Gasteiger charge is 2.19. The minimum Gasteiger partial charge on any atom is -0.376 e. The maximum Gasteiger partial charge on any atom is 0.143 e. The van der Waals surface area contributed by atoms with Gasteiger partial charge in [0, 0.05) is 0 Å². The van der Waals surface area contributed by atoms with Crippen LogP contribution in [0.1, 0.15) is 0 Å². The molecule has 4 heteroatoms. The average molecular weight is 162 g/mol. The topological polar surface area (TPSA) is 42.2 Å². The molecule has 0 saturated carbocycles. The third kappa shape index (κ3) is 2.14. The molecular formula is C6H8ClNO2. The van der Waals surface area contributed by atoms with Gasteiger partial charge in [0.25, 0.3) is 0 Å². The van der Waals surface area contributed by atoms with Crippen molar-refractivity contribution in [1.29, 1.82) is 5.26 Å². The molecule has 1 saturated heterocycles. The molecule has 0 bridgehead atoms. The first-order chi connectivity index (χ1) is 4.83. The van der Waals surface area contributed by atoms with Crippen LogP contribution >= 0.6 is 11.6 Å². The average Bonchev–Trinajstić information content (AvgIpc) is 1.84. The molecule has 1 rings (SSSR count). The number of hydrogen-bond donors (Lipinski definition) is 0. The van der Waals surface area contributed by atoms with Gasteiger partial charge in [-0.05, 0) is 0 Å². The van der Waals surface area contributed by atoms with E-state index in [0.29, 0.717) is 19.8 Å². The van der Waals surface area contributed by atoms with E-state index in [1.54, 1.807) is 0 Å². The fourth-order valence-corrected chi connectivity index (χ4v) is 0.641. The van der Waals surface area contributed by atoms with Gasteiger partial charge in [-0.15, -0.1) is 11.6 Å². The maximum absolute atomic E-state index is 8.25. The Balaban J connectivity index is 1.99. The molecule has 1 aliphatic rings. The van der Waals surface area contributed by atoms with Crippen LogP contribution in [0.2, 0.25) is 0 Å². The SMILES string of the molecule is N#CC(Cl)COC1COC1. The van der Waals surface area contributed by atoms with Gasteiger partial charge in [-0.25, -0.2) is 0 Å². The van der Waals surface area contributed by atoms with Crippen LogP contribution in [-0.4, -0.2) is 31.3 Å². The Kier molecular flexibility index (Phi) is 2.94. The van der Waals surface area contributed by atoms with Crippen molar-refractivity contribution in [3.63, 3.8) is 0 Å². The quantitative estimate of drug-likeness (QED) is 0.568. The van der Waals surface area contributed by atoms with Gasteiger partial charge in [0.1, 0.15) is 11.5 Å². The summed E-state index contributed by atoms with van der Waals surface area (Å²) in [4.78, 5) is 0. The molecule has 0 aliphatic carbocycles. The summed E-state index contributed by atoms with van der Waals surface area (Å²) in [6.07, 6.45) is 0.162. The predicted molar refractivity (Wildman–Crippen MR) is 35.8 cm³/mol.